The predicted octanol–water partition coefficient (Wildman–Crippen LogP) is 3.43. The Kier molecular flexibility index (Phi) is 3.98. The van der Waals surface area contributed by atoms with Crippen molar-refractivity contribution in [3.63, 3.8) is 0 Å². The number of hydrogen-bond donors (Lipinski definition) is 0. The minimum absolute atomic E-state index is 0.167. The molecule has 1 aliphatic carbocycles. The lowest BCUT2D eigenvalue weighted by atomic mass is 9.77. The number of hydrogen-bond acceptors (Lipinski definition) is 1. The number of benzene rings is 1. The van der Waals surface area contributed by atoms with Gasteiger partial charge in [-0.1, -0.05) is 42.9 Å². The molecule has 88 valence electrons. The topological polar surface area (TPSA) is 17.1 Å². The first-order valence-corrected chi connectivity index (χ1v) is 6.34. The summed E-state index contributed by atoms with van der Waals surface area (Å²) in [5.41, 5.74) is 1.04. The van der Waals surface area contributed by atoms with Crippen molar-refractivity contribution >= 4 is 5.78 Å². The highest BCUT2D eigenvalue weighted by molar-refractivity contribution is 5.79. The smallest absolute Gasteiger partial charge is 0.134 e. The molecule has 1 heteroatoms. The maximum Gasteiger partial charge on any atom is 0.134 e. The Hall–Kier alpha value is -1.55. The van der Waals surface area contributed by atoms with Gasteiger partial charge >= 0.3 is 0 Å². The number of Topliss-reactive ketones (excluding diaryl/α,β-unsaturated/α-hetero) is 1. The van der Waals surface area contributed by atoms with Gasteiger partial charge in [0.15, 0.2) is 0 Å². The molecule has 1 fully saturated rings. The van der Waals surface area contributed by atoms with E-state index in [1.165, 1.54) is 12.8 Å². The molecule has 0 bridgehead atoms. The van der Waals surface area contributed by atoms with Crippen LogP contribution in [0.2, 0.25) is 0 Å². The maximum absolute atomic E-state index is 11.6. The van der Waals surface area contributed by atoms with Crippen molar-refractivity contribution in [2.75, 3.05) is 0 Å². The van der Waals surface area contributed by atoms with Crippen molar-refractivity contribution in [1.82, 2.24) is 0 Å². The van der Waals surface area contributed by atoms with Gasteiger partial charge in [0.1, 0.15) is 5.78 Å². The van der Waals surface area contributed by atoms with Crippen LogP contribution in [0.1, 0.15) is 38.2 Å². The van der Waals surface area contributed by atoms with E-state index in [2.05, 4.69) is 11.8 Å². The lowest BCUT2D eigenvalue weighted by Gasteiger charge is -2.25. The standard InChI is InChI=1S/C16H18O/c1-13(17)16-10-6-5-9-15(16)12-11-14-7-3-2-4-8-14/h2-4,7-8,15-16H,5-6,9-10H2,1H3. The van der Waals surface area contributed by atoms with Gasteiger partial charge in [-0.25, -0.2) is 0 Å². The Labute approximate surface area is 103 Å². The van der Waals surface area contributed by atoms with E-state index >= 15 is 0 Å². The average Bonchev–Trinajstić information content (AvgIpc) is 2.38. The van der Waals surface area contributed by atoms with Gasteiger partial charge in [-0.2, -0.15) is 0 Å². The number of rotatable bonds is 1. The Bertz CT molecular complexity index is 436. The summed E-state index contributed by atoms with van der Waals surface area (Å²) in [5.74, 6) is 7.23. The van der Waals surface area contributed by atoms with E-state index in [1.807, 2.05) is 30.3 Å². The molecule has 0 saturated heterocycles. The van der Waals surface area contributed by atoms with Crippen molar-refractivity contribution in [1.29, 1.82) is 0 Å². The van der Waals surface area contributed by atoms with Crippen LogP contribution in [0.3, 0.4) is 0 Å². The monoisotopic (exact) mass is 226 g/mol. The second-order valence-corrected chi connectivity index (χ2v) is 4.74. The number of carbonyl (C=O) groups is 1. The molecule has 2 rings (SSSR count). The van der Waals surface area contributed by atoms with Crippen LogP contribution in [0, 0.1) is 23.7 Å². The largest absolute Gasteiger partial charge is 0.300 e. The third kappa shape index (κ3) is 3.20. The van der Waals surface area contributed by atoms with Crippen molar-refractivity contribution in [2.45, 2.75) is 32.6 Å². The fourth-order valence-corrected chi connectivity index (χ4v) is 2.49. The molecule has 0 N–H and O–H groups in total. The van der Waals surface area contributed by atoms with E-state index in [1.54, 1.807) is 6.92 Å². The predicted molar refractivity (Wildman–Crippen MR) is 69.4 cm³/mol. The van der Waals surface area contributed by atoms with Crippen LogP contribution in [-0.2, 0) is 4.79 Å². The van der Waals surface area contributed by atoms with Crippen molar-refractivity contribution in [3.05, 3.63) is 35.9 Å². The summed E-state index contributed by atoms with van der Waals surface area (Å²) in [7, 11) is 0. The molecule has 17 heavy (non-hydrogen) atoms. The highest BCUT2D eigenvalue weighted by Crippen LogP contribution is 2.30. The molecule has 0 radical (unpaired) electrons. The fraction of sp³-hybridized carbons (Fsp3) is 0.438. The summed E-state index contributed by atoms with van der Waals surface area (Å²) in [6.45, 7) is 1.70. The molecule has 1 nitrogen and oxygen atoms in total. The van der Waals surface area contributed by atoms with E-state index in [9.17, 15) is 4.79 Å². The second kappa shape index (κ2) is 5.68. The molecule has 2 unspecified atom stereocenters. The molecule has 0 spiro atoms. The fourth-order valence-electron chi connectivity index (χ4n) is 2.49. The summed E-state index contributed by atoms with van der Waals surface area (Å²) in [6, 6.07) is 10.0. The summed E-state index contributed by atoms with van der Waals surface area (Å²) in [4.78, 5) is 11.6. The van der Waals surface area contributed by atoms with Crippen LogP contribution in [-0.4, -0.2) is 5.78 Å². The third-order valence-electron chi connectivity index (χ3n) is 3.46. The van der Waals surface area contributed by atoms with E-state index in [0.717, 1.165) is 18.4 Å². The third-order valence-corrected chi connectivity index (χ3v) is 3.46. The van der Waals surface area contributed by atoms with Crippen LogP contribution >= 0.6 is 0 Å². The number of ketones is 1. The zero-order chi connectivity index (χ0) is 12.1. The highest BCUT2D eigenvalue weighted by Gasteiger charge is 2.26. The number of carbonyl (C=O) groups excluding carboxylic acids is 1. The summed E-state index contributed by atoms with van der Waals surface area (Å²) in [6.07, 6.45) is 4.47. The molecule has 0 amide bonds. The van der Waals surface area contributed by atoms with Gasteiger partial charge in [-0.15, -0.1) is 0 Å². The van der Waals surface area contributed by atoms with Gasteiger partial charge in [0.05, 0.1) is 0 Å². The Balaban J connectivity index is 2.11. The van der Waals surface area contributed by atoms with E-state index in [-0.39, 0.29) is 11.8 Å². The Morgan fingerprint density at radius 1 is 1.18 bits per heavy atom. The van der Waals surface area contributed by atoms with Crippen LogP contribution in [0.4, 0.5) is 0 Å². The molecular weight excluding hydrogens is 208 g/mol. The Morgan fingerprint density at radius 3 is 2.59 bits per heavy atom. The zero-order valence-electron chi connectivity index (χ0n) is 10.3. The molecule has 0 heterocycles. The molecule has 1 aromatic carbocycles. The van der Waals surface area contributed by atoms with Gasteiger partial charge < -0.3 is 0 Å². The summed E-state index contributed by atoms with van der Waals surface area (Å²) in [5, 5.41) is 0. The molecule has 1 saturated carbocycles. The highest BCUT2D eigenvalue weighted by atomic mass is 16.1. The molecule has 0 aromatic heterocycles. The van der Waals surface area contributed by atoms with Crippen molar-refractivity contribution < 1.29 is 4.79 Å². The van der Waals surface area contributed by atoms with Crippen LogP contribution in [0.25, 0.3) is 0 Å². The minimum atomic E-state index is 0.167. The SMILES string of the molecule is CC(=O)C1CCCCC1C#Cc1ccccc1. The van der Waals surface area contributed by atoms with Crippen molar-refractivity contribution in [2.24, 2.45) is 11.8 Å². The minimum Gasteiger partial charge on any atom is -0.300 e. The zero-order valence-corrected chi connectivity index (χ0v) is 10.3. The van der Waals surface area contributed by atoms with Gasteiger partial charge in [0.2, 0.25) is 0 Å². The summed E-state index contributed by atoms with van der Waals surface area (Å²) < 4.78 is 0. The first kappa shape index (κ1) is 11.9. The maximum atomic E-state index is 11.6. The van der Waals surface area contributed by atoms with E-state index < -0.39 is 0 Å². The van der Waals surface area contributed by atoms with Crippen LogP contribution in [0.5, 0.6) is 0 Å². The summed E-state index contributed by atoms with van der Waals surface area (Å²) >= 11 is 0. The van der Waals surface area contributed by atoms with E-state index in [0.29, 0.717) is 5.78 Å². The lowest BCUT2D eigenvalue weighted by molar-refractivity contribution is -0.122. The molecule has 1 aromatic rings. The first-order chi connectivity index (χ1) is 8.27. The second-order valence-electron chi connectivity index (χ2n) is 4.74. The van der Waals surface area contributed by atoms with Crippen LogP contribution in [0.15, 0.2) is 30.3 Å². The Morgan fingerprint density at radius 2 is 1.88 bits per heavy atom. The van der Waals surface area contributed by atoms with Crippen molar-refractivity contribution in [3.8, 4) is 11.8 Å². The van der Waals surface area contributed by atoms with E-state index in [4.69, 9.17) is 0 Å². The van der Waals surface area contributed by atoms with Gasteiger partial charge in [-0.05, 0) is 31.9 Å². The molecule has 1 aliphatic rings. The molecule has 0 aliphatic heterocycles. The van der Waals surface area contributed by atoms with Gasteiger partial charge in [0, 0.05) is 17.4 Å². The normalized spacial score (nSPS) is 23.6. The first-order valence-electron chi connectivity index (χ1n) is 6.34. The molecule has 2 atom stereocenters. The van der Waals surface area contributed by atoms with Gasteiger partial charge in [0.25, 0.3) is 0 Å². The average molecular weight is 226 g/mol. The quantitative estimate of drug-likeness (QED) is 0.670. The lowest BCUT2D eigenvalue weighted by Crippen LogP contribution is -2.24. The molecular formula is C16H18O. The van der Waals surface area contributed by atoms with Crippen LogP contribution < -0.4 is 0 Å². The van der Waals surface area contributed by atoms with Gasteiger partial charge in [-0.3, -0.25) is 4.79 Å².